The third kappa shape index (κ3) is 4.87. The molecule has 7 heteroatoms. The molecule has 1 amide bonds. The highest BCUT2D eigenvalue weighted by Crippen LogP contribution is 2.34. The van der Waals surface area contributed by atoms with Gasteiger partial charge in [-0.2, -0.15) is 0 Å². The molecule has 4 rings (SSSR count). The van der Waals surface area contributed by atoms with Gasteiger partial charge in [0.25, 0.3) is 0 Å². The van der Waals surface area contributed by atoms with Gasteiger partial charge in [-0.25, -0.2) is 9.37 Å². The number of carbonyl (C=O) groups excluding carboxylic acids is 1. The number of rotatable bonds is 5. The zero-order valence-corrected chi connectivity index (χ0v) is 17.0. The second-order valence-electron chi connectivity index (χ2n) is 6.95. The Morgan fingerprint density at radius 3 is 2.69 bits per heavy atom. The van der Waals surface area contributed by atoms with Gasteiger partial charge >= 0.3 is 0 Å². The molecule has 1 fully saturated rings. The number of hydrogen-bond acceptors (Lipinski definition) is 5. The van der Waals surface area contributed by atoms with Gasteiger partial charge in [0.05, 0.1) is 25.5 Å². The van der Waals surface area contributed by atoms with Gasteiger partial charge in [-0.1, -0.05) is 12.1 Å². The molecule has 1 aliphatic rings. The topological polar surface area (TPSA) is 54.5 Å². The van der Waals surface area contributed by atoms with E-state index in [-0.39, 0.29) is 11.7 Å². The van der Waals surface area contributed by atoms with Gasteiger partial charge in [0.2, 0.25) is 5.91 Å². The van der Waals surface area contributed by atoms with Gasteiger partial charge in [0.1, 0.15) is 10.8 Å². The Bertz CT molecular complexity index is 998. The fourth-order valence-electron chi connectivity index (χ4n) is 3.29. The molecule has 1 aliphatic heterocycles. The molecular weight excluding hydrogens is 389 g/mol. The van der Waals surface area contributed by atoms with Crippen molar-refractivity contribution in [1.82, 2.24) is 9.88 Å². The quantitative estimate of drug-likeness (QED) is 0.684. The number of ether oxygens (including phenoxy) is 1. The van der Waals surface area contributed by atoms with E-state index in [2.05, 4.69) is 10.2 Å². The maximum Gasteiger partial charge on any atom is 0.238 e. The van der Waals surface area contributed by atoms with Crippen molar-refractivity contribution in [3.63, 3.8) is 0 Å². The second kappa shape index (κ2) is 8.82. The lowest BCUT2D eigenvalue weighted by Gasteiger charge is -2.25. The Morgan fingerprint density at radius 1 is 1.17 bits per heavy atom. The van der Waals surface area contributed by atoms with E-state index in [1.807, 2.05) is 31.2 Å². The van der Waals surface area contributed by atoms with Crippen LogP contribution in [0.15, 0.2) is 48.5 Å². The molecule has 2 heterocycles. The van der Waals surface area contributed by atoms with Crippen molar-refractivity contribution in [2.24, 2.45) is 0 Å². The Balaban J connectivity index is 1.49. The molecule has 1 aromatic heterocycles. The van der Waals surface area contributed by atoms with Crippen molar-refractivity contribution in [3.8, 4) is 21.8 Å². The van der Waals surface area contributed by atoms with Crippen LogP contribution in [-0.4, -0.2) is 48.6 Å². The molecule has 5 nitrogen and oxygen atoms in total. The zero-order valence-electron chi connectivity index (χ0n) is 16.2. The van der Waals surface area contributed by atoms with E-state index >= 15 is 0 Å². The van der Waals surface area contributed by atoms with Crippen molar-refractivity contribution < 1.29 is 13.9 Å². The van der Waals surface area contributed by atoms with E-state index in [1.54, 1.807) is 23.5 Å². The predicted octanol–water partition coefficient (Wildman–Crippen LogP) is 4.20. The van der Waals surface area contributed by atoms with Gasteiger partial charge < -0.3 is 10.1 Å². The van der Waals surface area contributed by atoms with E-state index < -0.39 is 0 Å². The van der Waals surface area contributed by atoms with Crippen molar-refractivity contribution in [1.29, 1.82) is 0 Å². The normalized spacial score (nSPS) is 14.7. The molecule has 0 atom stereocenters. The molecule has 0 aliphatic carbocycles. The third-order valence-corrected chi connectivity index (χ3v) is 5.80. The number of halogens is 1. The first-order valence-corrected chi connectivity index (χ1v) is 10.3. The molecule has 0 spiro atoms. The van der Waals surface area contributed by atoms with Crippen LogP contribution in [0.5, 0.6) is 0 Å². The predicted molar refractivity (Wildman–Crippen MR) is 114 cm³/mol. The first-order valence-electron chi connectivity index (χ1n) is 9.52. The lowest BCUT2D eigenvalue weighted by Crippen LogP contribution is -2.41. The summed E-state index contributed by atoms with van der Waals surface area (Å²) in [6.07, 6.45) is 0. The van der Waals surface area contributed by atoms with Crippen LogP contribution in [0, 0.1) is 12.7 Å². The van der Waals surface area contributed by atoms with E-state index in [4.69, 9.17) is 9.72 Å². The second-order valence-corrected chi connectivity index (χ2v) is 8.15. The summed E-state index contributed by atoms with van der Waals surface area (Å²) < 4.78 is 18.5. The van der Waals surface area contributed by atoms with E-state index in [1.165, 1.54) is 12.1 Å². The number of thiazole rings is 1. The number of anilines is 1. The largest absolute Gasteiger partial charge is 0.379 e. The van der Waals surface area contributed by atoms with Crippen molar-refractivity contribution in [3.05, 3.63) is 59.2 Å². The first kappa shape index (κ1) is 19.7. The molecule has 0 unspecified atom stereocenters. The fourth-order valence-corrected chi connectivity index (χ4v) is 4.22. The van der Waals surface area contributed by atoms with Gasteiger partial charge in [-0.05, 0) is 43.3 Å². The number of nitrogens with one attached hydrogen (secondary N) is 1. The van der Waals surface area contributed by atoms with E-state index in [9.17, 15) is 9.18 Å². The van der Waals surface area contributed by atoms with Crippen molar-refractivity contribution >= 4 is 22.9 Å². The van der Waals surface area contributed by atoms with Crippen LogP contribution in [0.2, 0.25) is 0 Å². The molecule has 3 aromatic rings. The summed E-state index contributed by atoms with van der Waals surface area (Å²) in [6, 6.07) is 14.1. The van der Waals surface area contributed by atoms with Crippen LogP contribution in [0.25, 0.3) is 21.8 Å². The minimum absolute atomic E-state index is 0.0358. The maximum absolute atomic E-state index is 13.2. The molecule has 0 bridgehead atoms. The molecule has 0 saturated carbocycles. The minimum atomic E-state index is -0.262. The zero-order chi connectivity index (χ0) is 20.2. The van der Waals surface area contributed by atoms with Crippen molar-refractivity contribution in [2.45, 2.75) is 6.92 Å². The molecule has 0 radical (unpaired) electrons. The van der Waals surface area contributed by atoms with Crippen LogP contribution >= 0.6 is 11.3 Å². The number of benzene rings is 2. The lowest BCUT2D eigenvalue weighted by atomic mass is 10.1. The van der Waals surface area contributed by atoms with Crippen LogP contribution in [0.1, 0.15) is 4.88 Å². The van der Waals surface area contributed by atoms with Gasteiger partial charge in [-0.3, -0.25) is 9.69 Å². The highest BCUT2D eigenvalue weighted by Gasteiger charge is 2.15. The Labute approximate surface area is 173 Å². The summed E-state index contributed by atoms with van der Waals surface area (Å²) in [7, 11) is 0. The van der Waals surface area contributed by atoms with E-state index in [0.717, 1.165) is 45.5 Å². The first-order chi connectivity index (χ1) is 14.1. The van der Waals surface area contributed by atoms with Crippen molar-refractivity contribution in [2.75, 3.05) is 38.2 Å². The Morgan fingerprint density at radius 2 is 1.93 bits per heavy atom. The fraction of sp³-hybridized carbons (Fsp3) is 0.273. The van der Waals surface area contributed by atoms with Crippen LogP contribution in [0.4, 0.5) is 10.1 Å². The molecule has 2 aromatic carbocycles. The monoisotopic (exact) mass is 411 g/mol. The third-order valence-electron chi connectivity index (χ3n) is 4.78. The summed E-state index contributed by atoms with van der Waals surface area (Å²) in [5, 5.41) is 3.84. The average Bonchev–Trinajstić information content (AvgIpc) is 3.11. The Hall–Kier alpha value is -2.61. The van der Waals surface area contributed by atoms with Gasteiger partial charge in [0, 0.05) is 34.8 Å². The number of hydrogen-bond donors (Lipinski definition) is 1. The maximum atomic E-state index is 13.2. The Kier molecular flexibility index (Phi) is 5.99. The summed E-state index contributed by atoms with van der Waals surface area (Å²) in [6.45, 7) is 5.26. The molecular formula is C22H22FN3O2S. The highest BCUT2D eigenvalue weighted by atomic mass is 32.1. The standard InChI is InChI=1S/C22H22FN3O2S/c1-15-21(16-5-7-18(23)8-6-16)25-22(29-15)17-3-2-4-19(13-17)24-20(27)14-26-9-11-28-12-10-26/h2-8,13H,9-12,14H2,1H3,(H,24,27). The smallest absolute Gasteiger partial charge is 0.238 e. The molecule has 150 valence electrons. The number of morpholine rings is 1. The SMILES string of the molecule is Cc1sc(-c2cccc(NC(=O)CN3CCOCC3)c2)nc1-c1ccc(F)cc1. The summed E-state index contributed by atoms with van der Waals surface area (Å²) in [5.74, 6) is -0.297. The highest BCUT2D eigenvalue weighted by molar-refractivity contribution is 7.15. The molecule has 1 saturated heterocycles. The van der Waals surface area contributed by atoms with E-state index in [0.29, 0.717) is 19.8 Å². The van der Waals surface area contributed by atoms with Crippen LogP contribution < -0.4 is 5.32 Å². The van der Waals surface area contributed by atoms with Gasteiger partial charge in [0.15, 0.2) is 0 Å². The summed E-state index contributed by atoms with van der Waals surface area (Å²) in [5.41, 5.74) is 3.43. The number of aryl methyl sites for hydroxylation is 1. The summed E-state index contributed by atoms with van der Waals surface area (Å²) in [4.78, 5) is 20.3. The number of nitrogens with zero attached hydrogens (tertiary/aromatic N) is 2. The number of aromatic nitrogens is 1. The lowest BCUT2D eigenvalue weighted by molar-refractivity contribution is -0.118. The van der Waals surface area contributed by atoms with Crippen LogP contribution in [-0.2, 0) is 9.53 Å². The van der Waals surface area contributed by atoms with Gasteiger partial charge in [-0.15, -0.1) is 11.3 Å². The summed E-state index contributed by atoms with van der Waals surface area (Å²) >= 11 is 1.58. The molecule has 1 N–H and O–H groups in total. The van der Waals surface area contributed by atoms with Crippen LogP contribution in [0.3, 0.4) is 0 Å². The number of carbonyl (C=O) groups is 1. The average molecular weight is 412 g/mol. The minimum Gasteiger partial charge on any atom is -0.379 e. The molecule has 29 heavy (non-hydrogen) atoms. The number of amides is 1.